The average Bonchev–Trinajstić information content (AvgIpc) is 2.94. The minimum atomic E-state index is -0.221. The Kier molecular flexibility index (Phi) is 5.54. The second-order valence-corrected chi connectivity index (χ2v) is 7.32. The van der Waals surface area contributed by atoms with Gasteiger partial charge in [-0.05, 0) is 44.0 Å². The van der Waals surface area contributed by atoms with Gasteiger partial charge in [-0.25, -0.2) is 0 Å². The van der Waals surface area contributed by atoms with Crippen molar-refractivity contribution in [1.29, 1.82) is 0 Å². The van der Waals surface area contributed by atoms with E-state index in [0.717, 1.165) is 16.6 Å². The van der Waals surface area contributed by atoms with Crippen LogP contribution in [0.3, 0.4) is 0 Å². The van der Waals surface area contributed by atoms with E-state index in [-0.39, 0.29) is 23.8 Å². The van der Waals surface area contributed by atoms with Crippen LogP contribution in [0.5, 0.6) is 0 Å². The molecule has 0 atom stereocenters. The van der Waals surface area contributed by atoms with E-state index < -0.39 is 0 Å². The molecule has 2 heterocycles. The van der Waals surface area contributed by atoms with Crippen molar-refractivity contribution in [2.75, 3.05) is 19.4 Å². The average molecular weight is 395 g/mol. The molecule has 0 spiro atoms. The number of nitrogens with zero attached hydrogens (tertiary/aromatic N) is 3. The van der Waals surface area contributed by atoms with Crippen molar-refractivity contribution in [2.24, 2.45) is 7.05 Å². The minimum Gasteiger partial charge on any atom is -0.345 e. The summed E-state index contributed by atoms with van der Waals surface area (Å²) in [7, 11) is 5.13. The van der Waals surface area contributed by atoms with E-state index in [0.29, 0.717) is 28.9 Å². The summed E-state index contributed by atoms with van der Waals surface area (Å²) < 4.78 is 1.65. The van der Waals surface area contributed by atoms with Gasteiger partial charge in [-0.2, -0.15) is 5.10 Å². The molecule has 0 aliphatic heterocycles. The summed E-state index contributed by atoms with van der Waals surface area (Å²) in [5.41, 5.74) is 3.79. The summed E-state index contributed by atoms with van der Waals surface area (Å²) in [5.74, 6) is -0.357. The second kappa shape index (κ2) is 7.90. The van der Waals surface area contributed by atoms with Gasteiger partial charge in [0.1, 0.15) is 5.65 Å². The summed E-state index contributed by atoms with van der Waals surface area (Å²) in [6.45, 7) is 3.78. The van der Waals surface area contributed by atoms with Crippen LogP contribution in [-0.2, 0) is 18.3 Å². The number of aromatic nitrogens is 3. The summed E-state index contributed by atoms with van der Waals surface area (Å²) in [6.07, 6.45) is 0.466. The molecule has 0 bridgehead atoms. The Morgan fingerprint density at radius 1 is 1.24 bits per heavy atom. The number of aromatic amines is 1. The van der Waals surface area contributed by atoms with Crippen LogP contribution in [0.2, 0.25) is 0 Å². The van der Waals surface area contributed by atoms with Crippen molar-refractivity contribution in [3.63, 3.8) is 0 Å². The molecular formula is C21H25N5O3. The molecule has 0 aliphatic carbocycles. The molecule has 0 saturated heterocycles. The van der Waals surface area contributed by atoms with Crippen LogP contribution in [0.4, 0.5) is 5.69 Å². The molecule has 3 aromatic rings. The van der Waals surface area contributed by atoms with E-state index in [1.54, 1.807) is 50.1 Å². The molecule has 0 saturated carbocycles. The number of fused-ring (bicyclic) bond motifs is 1. The number of hydrogen-bond donors (Lipinski definition) is 2. The molecule has 3 rings (SSSR count). The van der Waals surface area contributed by atoms with Crippen LogP contribution >= 0.6 is 0 Å². The summed E-state index contributed by atoms with van der Waals surface area (Å²) in [4.78, 5) is 41.3. The zero-order valence-electron chi connectivity index (χ0n) is 17.3. The lowest BCUT2D eigenvalue weighted by atomic mass is 10.0. The van der Waals surface area contributed by atoms with E-state index in [4.69, 9.17) is 0 Å². The largest absolute Gasteiger partial charge is 0.345 e. The van der Waals surface area contributed by atoms with E-state index in [1.165, 1.54) is 4.90 Å². The number of carbonyl (C=O) groups excluding carboxylic acids is 2. The Morgan fingerprint density at radius 2 is 1.97 bits per heavy atom. The normalized spacial score (nSPS) is 10.9. The highest BCUT2D eigenvalue weighted by Gasteiger charge is 2.16. The fourth-order valence-electron chi connectivity index (χ4n) is 3.51. The van der Waals surface area contributed by atoms with Crippen molar-refractivity contribution >= 4 is 28.5 Å². The Labute approximate surface area is 168 Å². The van der Waals surface area contributed by atoms with Crippen LogP contribution in [0.15, 0.2) is 29.1 Å². The van der Waals surface area contributed by atoms with Crippen LogP contribution in [0.25, 0.3) is 11.0 Å². The van der Waals surface area contributed by atoms with Gasteiger partial charge in [0, 0.05) is 49.8 Å². The van der Waals surface area contributed by atoms with E-state index in [9.17, 15) is 14.4 Å². The molecule has 2 aromatic heterocycles. The number of rotatable bonds is 5. The molecule has 1 aromatic carbocycles. The van der Waals surface area contributed by atoms with Gasteiger partial charge in [0.15, 0.2) is 0 Å². The molecule has 0 aliphatic rings. The molecule has 152 valence electrons. The molecule has 0 fully saturated rings. The zero-order chi connectivity index (χ0) is 21.3. The Morgan fingerprint density at radius 3 is 2.66 bits per heavy atom. The van der Waals surface area contributed by atoms with Gasteiger partial charge in [0.2, 0.25) is 5.91 Å². The monoisotopic (exact) mass is 395 g/mol. The number of pyridine rings is 1. The third-order valence-electron chi connectivity index (χ3n) is 4.96. The predicted molar refractivity (Wildman–Crippen MR) is 112 cm³/mol. The van der Waals surface area contributed by atoms with Crippen molar-refractivity contribution in [2.45, 2.75) is 26.7 Å². The van der Waals surface area contributed by atoms with E-state index in [2.05, 4.69) is 15.4 Å². The lowest BCUT2D eigenvalue weighted by Gasteiger charge is -2.12. The number of aryl methyl sites for hydroxylation is 3. The maximum Gasteiger partial charge on any atom is 0.253 e. The van der Waals surface area contributed by atoms with Gasteiger partial charge in [-0.3, -0.25) is 19.1 Å². The molecule has 8 heteroatoms. The number of amides is 2. The number of nitrogens with one attached hydrogen (secondary N) is 2. The first-order valence-electron chi connectivity index (χ1n) is 9.35. The lowest BCUT2D eigenvalue weighted by Crippen LogP contribution is -2.22. The quantitative estimate of drug-likeness (QED) is 0.691. The van der Waals surface area contributed by atoms with Crippen LogP contribution in [-0.4, -0.2) is 45.6 Å². The molecule has 2 amide bonds. The predicted octanol–water partition coefficient (Wildman–Crippen LogP) is 2.15. The maximum atomic E-state index is 12.5. The highest BCUT2D eigenvalue weighted by atomic mass is 16.2. The zero-order valence-corrected chi connectivity index (χ0v) is 17.3. The third-order valence-corrected chi connectivity index (χ3v) is 4.96. The van der Waals surface area contributed by atoms with E-state index in [1.807, 2.05) is 13.8 Å². The maximum absolute atomic E-state index is 12.5. The van der Waals surface area contributed by atoms with Gasteiger partial charge in [-0.1, -0.05) is 6.07 Å². The first-order chi connectivity index (χ1) is 13.7. The van der Waals surface area contributed by atoms with Gasteiger partial charge in [-0.15, -0.1) is 0 Å². The number of hydrogen-bond acceptors (Lipinski definition) is 4. The molecule has 2 N–H and O–H groups in total. The van der Waals surface area contributed by atoms with Crippen LogP contribution in [0, 0.1) is 13.8 Å². The highest BCUT2D eigenvalue weighted by molar-refractivity contribution is 5.97. The van der Waals surface area contributed by atoms with Gasteiger partial charge in [0.25, 0.3) is 11.5 Å². The SMILES string of the molecule is Cc1nn(C)c2[nH]c(=O)c(CCC(=O)Nc3cccc(C(=O)N(C)C)c3)c(C)c12. The minimum absolute atomic E-state index is 0.136. The number of benzene rings is 1. The van der Waals surface area contributed by atoms with E-state index >= 15 is 0 Å². The molecule has 0 unspecified atom stereocenters. The number of anilines is 1. The van der Waals surface area contributed by atoms with Gasteiger partial charge >= 0.3 is 0 Å². The highest BCUT2D eigenvalue weighted by Crippen LogP contribution is 2.21. The summed E-state index contributed by atoms with van der Waals surface area (Å²) in [5, 5.41) is 8.07. The first kappa shape index (κ1) is 20.3. The smallest absolute Gasteiger partial charge is 0.253 e. The van der Waals surface area contributed by atoms with Crippen molar-refractivity contribution in [1.82, 2.24) is 19.7 Å². The first-order valence-corrected chi connectivity index (χ1v) is 9.35. The molecular weight excluding hydrogens is 370 g/mol. The second-order valence-electron chi connectivity index (χ2n) is 7.32. The fourth-order valence-corrected chi connectivity index (χ4v) is 3.51. The topological polar surface area (TPSA) is 100 Å². The summed E-state index contributed by atoms with van der Waals surface area (Å²) >= 11 is 0. The lowest BCUT2D eigenvalue weighted by molar-refractivity contribution is -0.116. The van der Waals surface area contributed by atoms with Crippen LogP contribution in [0.1, 0.15) is 33.6 Å². The molecule has 8 nitrogen and oxygen atoms in total. The van der Waals surface area contributed by atoms with Gasteiger partial charge < -0.3 is 15.2 Å². The number of carbonyl (C=O) groups is 2. The Hall–Kier alpha value is -3.42. The standard InChI is InChI=1S/C21H25N5O3/c1-12-16(20(28)23-19-18(12)13(2)24-26(19)5)9-10-17(27)22-15-8-6-7-14(11-15)21(29)25(3)4/h6-8,11H,9-10H2,1-5H3,(H,22,27)(H,23,28). The van der Waals surface area contributed by atoms with Crippen LogP contribution < -0.4 is 10.9 Å². The molecule has 0 radical (unpaired) electrons. The Bertz CT molecular complexity index is 1160. The number of H-pyrrole nitrogens is 1. The van der Waals surface area contributed by atoms with Crippen molar-refractivity contribution in [3.8, 4) is 0 Å². The summed E-state index contributed by atoms with van der Waals surface area (Å²) in [6, 6.07) is 6.80. The molecule has 29 heavy (non-hydrogen) atoms. The van der Waals surface area contributed by atoms with Crippen molar-refractivity contribution in [3.05, 3.63) is 57.0 Å². The fraction of sp³-hybridized carbons (Fsp3) is 0.333. The third kappa shape index (κ3) is 4.06. The Balaban J connectivity index is 1.75. The van der Waals surface area contributed by atoms with Crippen molar-refractivity contribution < 1.29 is 9.59 Å². The van der Waals surface area contributed by atoms with Gasteiger partial charge in [0.05, 0.1) is 5.69 Å².